The third-order valence-electron chi connectivity index (χ3n) is 0. The van der Waals surface area contributed by atoms with Crippen molar-refractivity contribution in [2.24, 2.45) is 0 Å². The van der Waals surface area contributed by atoms with Gasteiger partial charge in [-0.25, -0.2) is 0 Å². The van der Waals surface area contributed by atoms with Gasteiger partial charge < -0.3 is 0 Å². The molecule has 0 heterocycles. The molecule has 0 unspecified atom stereocenters. The number of hydrogen-bond donors (Lipinski definition) is 0. The zero-order valence-electron chi connectivity index (χ0n) is 2.67. The second-order valence-electron chi connectivity index (χ2n) is 0. The van der Waals surface area contributed by atoms with E-state index in [9.17, 15) is 0 Å². The van der Waals surface area contributed by atoms with E-state index in [1.807, 2.05) is 0 Å². The summed E-state index contributed by atoms with van der Waals surface area (Å²) in [5, 5.41) is 0. The molecule has 0 bridgehead atoms. The van der Waals surface area contributed by atoms with Crippen molar-refractivity contribution in [2.45, 2.75) is 0 Å². The quantitative estimate of drug-likeness (QED) is 0.379. The first kappa shape index (κ1) is 34.5. The second kappa shape index (κ2) is 18.9. The number of hydrogen-bond acceptors (Lipinski definition) is 0. The molecule has 0 aliphatic heterocycles. The van der Waals surface area contributed by atoms with Gasteiger partial charge in [0.1, 0.15) is 0 Å². The molecule has 0 saturated carbocycles. The van der Waals surface area contributed by atoms with Crippen molar-refractivity contribution in [3.8, 4) is 0 Å². The van der Waals surface area contributed by atoms with Crippen LogP contribution in [0.15, 0.2) is 0 Å². The molecule has 0 rings (SSSR count). The van der Waals surface area contributed by atoms with Crippen LogP contribution in [-0.4, -0.2) is 37.7 Å². The first-order valence-corrected chi connectivity index (χ1v) is 0. The molecule has 0 saturated heterocycles. The number of rotatable bonds is 0. The molecular weight excluding hydrogens is 132 g/mol. The third kappa shape index (κ3) is 8.88. The van der Waals surface area contributed by atoms with Crippen molar-refractivity contribution < 1.29 is 33.6 Å². The normalized spacial score (nSPS) is 0. The Morgan fingerprint density at radius 3 is 0.500 bits per heavy atom. The minimum Gasteiger partial charge on any atom is 0 e. The summed E-state index contributed by atoms with van der Waals surface area (Å²) in [6.45, 7) is 0. The van der Waals surface area contributed by atoms with E-state index >= 15 is 0 Å². The molecule has 0 N–H and O–H groups in total. The van der Waals surface area contributed by atoms with Crippen LogP contribution in [0, 0.1) is 0 Å². The Balaban J connectivity index is 0. The maximum Gasteiger partial charge on any atom is 0 e. The van der Waals surface area contributed by atoms with Gasteiger partial charge in [-0.1, -0.05) is 0 Å². The predicted molar refractivity (Wildman–Crippen MR) is 11.5 cm³/mol. The predicted octanol–water partition coefficient (Wildman–Crippen LogP) is -0.767. The molecule has 20 valence electrons. The summed E-state index contributed by atoms with van der Waals surface area (Å²) in [5.41, 5.74) is 0. The Hall–Kier alpha value is 2.21. The van der Waals surface area contributed by atoms with E-state index in [1.54, 1.807) is 0 Å². The zero-order valence-corrected chi connectivity index (χ0v) is 4.75. The van der Waals surface area contributed by atoms with E-state index in [2.05, 4.69) is 0 Å². The second-order valence-corrected chi connectivity index (χ2v) is 0. The molecule has 0 aromatic heterocycles. The van der Waals surface area contributed by atoms with Crippen LogP contribution in [0.1, 0.15) is 0 Å². The fourth-order valence-electron chi connectivity index (χ4n) is 0. The minimum absolute atomic E-state index is 0. The standard InChI is InChI=1S/2Co.2Li. The molecule has 4 heavy (non-hydrogen) atoms. The molecule has 0 aromatic rings. The van der Waals surface area contributed by atoms with E-state index in [0.717, 1.165) is 0 Å². The molecule has 0 amide bonds. The molecular formula is Co2Li2. The van der Waals surface area contributed by atoms with Crippen LogP contribution in [0.5, 0.6) is 0 Å². The smallest absolute Gasteiger partial charge is 0 e. The Kier molecular flexibility index (Phi) is 163. The molecule has 4 radical (unpaired) electrons. The average molecular weight is 132 g/mol. The van der Waals surface area contributed by atoms with Crippen molar-refractivity contribution in [3.63, 3.8) is 0 Å². The molecule has 0 aliphatic carbocycles. The molecule has 4 heteroatoms. The van der Waals surface area contributed by atoms with Crippen molar-refractivity contribution in [2.75, 3.05) is 0 Å². The van der Waals surface area contributed by atoms with Gasteiger partial charge in [0.25, 0.3) is 0 Å². The average Bonchev–Trinajstić information content (AvgIpc) is 0. The van der Waals surface area contributed by atoms with Gasteiger partial charge in [0.2, 0.25) is 0 Å². The van der Waals surface area contributed by atoms with Gasteiger partial charge in [-0.3, -0.25) is 0 Å². The molecule has 0 atom stereocenters. The summed E-state index contributed by atoms with van der Waals surface area (Å²) < 4.78 is 0. The van der Waals surface area contributed by atoms with Gasteiger partial charge in [0.05, 0.1) is 0 Å². The van der Waals surface area contributed by atoms with Gasteiger partial charge in [0.15, 0.2) is 0 Å². The Labute approximate surface area is 70.6 Å². The van der Waals surface area contributed by atoms with Crippen molar-refractivity contribution in [1.29, 1.82) is 0 Å². The van der Waals surface area contributed by atoms with Gasteiger partial charge >= 0.3 is 0 Å². The maximum absolute atomic E-state index is 0. The monoisotopic (exact) mass is 132 g/mol. The van der Waals surface area contributed by atoms with Crippen LogP contribution < -0.4 is 0 Å². The minimum atomic E-state index is 0. The van der Waals surface area contributed by atoms with Crippen molar-refractivity contribution >= 4 is 37.7 Å². The Morgan fingerprint density at radius 1 is 0.500 bits per heavy atom. The van der Waals surface area contributed by atoms with Gasteiger partial charge in [-0.2, -0.15) is 0 Å². The zero-order chi connectivity index (χ0) is 0. The van der Waals surface area contributed by atoms with Crippen LogP contribution in [-0.2, 0) is 33.6 Å². The Morgan fingerprint density at radius 2 is 0.500 bits per heavy atom. The fourth-order valence-corrected chi connectivity index (χ4v) is 0. The summed E-state index contributed by atoms with van der Waals surface area (Å²) in [7, 11) is 0. The molecule has 0 fully saturated rings. The van der Waals surface area contributed by atoms with E-state index in [-0.39, 0.29) is 71.3 Å². The Bertz CT molecular complexity index is 4.00. The van der Waals surface area contributed by atoms with Gasteiger partial charge in [-0.15, -0.1) is 0 Å². The van der Waals surface area contributed by atoms with Gasteiger partial charge in [-0.05, 0) is 0 Å². The molecule has 0 aromatic carbocycles. The van der Waals surface area contributed by atoms with Crippen LogP contribution in [0.2, 0.25) is 0 Å². The largest absolute Gasteiger partial charge is 0 e. The summed E-state index contributed by atoms with van der Waals surface area (Å²) >= 11 is 0. The first-order valence-electron chi connectivity index (χ1n) is 0. The summed E-state index contributed by atoms with van der Waals surface area (Å²) in [5.74, 6) is 0. The summed E-state index contributed by atoms with van der Waals surface area (Å²) in [4.78, 5) is 0. The van der Waals surface area contributed by atoms with Crippen molar-refractivity contribution in [1.82, 2.24) is 0 Å². The van der Waals surface area contributed by atoms with Crippen LogP contribution >= 0.6 is 0 Å². The maximum atomic E-state index is 0. The molecule has 0 nitrogen and oxygen atoms in total. The summed E-state index contributed by atoms with van der Waals surface area (Å²) in [6, 6.07) is 0. The van der Waals surface area contributed by atoms with Crippen LogP contribution in [0.25, 0.3) is 0 Å². The van der Waals surface area contributed by atoms with Crippen LogP contribution in [0.3, 0.4) is 0 Å². The van der Waals surface area contributed by atoms with Crippen molar-refractivity contribution in [3.05, 3.63) is 0 Å². The van der Waals surface area contributed by atoms with E-state index in [1.165, 1.54) is 0 Å². The summed E-state index contributed by atoms with van der Waals surface area (Å²) in [6.07, 6.45) is 0. The molecule has 0 aliphatic rings. The topological polar surface area (TPSA) is 0 Å². The SMILES string of the molecule is [Co].[Co].[Li].[Li]. The third-order valence-corrected chi connectivity index (χ3v) is 0. The van der Waals surface area contributed by atoms with Gasteiger partial charge in [0, 0.05) is 71.3 Å². The van der Waals surface area contributed by atoms with E-state index in [0.29, 0.717) is 0 Å². The first-order chi connectivity index (χ1) is 0. The van der Waals surface area contributed by atoms with E-state index < -0.39 is 0 Å². The van der Waals surface area contributed by atoms with Crippen LogP contribution in [0.4, 0.5) is 0 Å². The molecule has 0 spiro atoms. The fraction of sp³-hybridized carbons (Fsp3) is 0. The van der Waals surface area contributed by atoms with E-state index in [4.69, 9.17) is 0 Å².